The van der Waals surface area contributed by atoms with E-state index in [1.807, 2.05) is 24.3 Å². The lowest BCUT2D eigenvalue weighted by Gasteiger charge is -2.08. The second-order valence-electron chi connectivity index (χ2n) is 3.12. The molecule has 0 amide bonds. The maximum atomic E-state index is 8.93. The number of anilines is 2. The minimum absolute atomic E-state index is 0.544. The summed E-state index contributed by atoms with van der Waals surface area (Å²) in [6.45, 7) is 0. The van der Waals surface area contributed by atoms with E-state index in [-0.39, 0.29) is 0 Å². The van der Waals surface area contributed by atoms with Crippen molar-refractivity contribution in [3.05, 3.63) is 51.7 Å². The molecule has 0 saturated heterocycles. The van der Waals surface area contributed by atoms with Gasteiger partial charge in [0.2, 0.25) is 0 Å². The maximum absolute atomic E-state index is 8.93. The molecule has 0 unspecified atom stereocenters. The molecular formula is C12H8IN3. The Bertz CT molecular complexity index is 546. The van der Waals surface area contributed by atoms with Crippen LogP contribution in [0.15, 0.2) is 42.6 Å². The van der Waals surface area contributed by atoms with Gasteiger partial charge in [0.15, 0.2) is 0 Å². The van der Waals surface area contributed by atoms with Crippen molar-refractivity contribution in [2.45, 2.75) is 0 Å². The Labute approximate surface area is 107 Å². The molecule has 78 valence electrons. The first-order valence-corrected chi connectivity index (χ1v) is 5.76. The molecule has 0 bridgehead atoms. The van der Waals surface area contributed by atoms with Crippen LogP contribution in [0.3, 0.4) is 0 Å². The minimum atomic E-state index is 0.544. The Hall–Kier alpha value is -1.61. The molecule has 0 spiro atoms. The second-order valence-corrected chi connectivity index (χ2v) is 4.28. The molecule has 0 saturated carbocycles. The molecule has 1 aromatic heterocycles. The van der Waals surface area contributed by atoms with Crippen molar-refractivity contribution in [1.29, 1.82) is 5.26 Å². The third-order valence-electron chi connectivity index (χ3n) is 2.06. The van der Waals surface area contributed by atoms with E-state index in [2.05, 4.69) is 39.0 Å². The van der Waals surface area contributed by atoms with Crippen LogP contribution in [0, 0.1) is 14.9 Å². The van der Waals surface area contributed by atoms with Gasteiger partial charge >= 0.3 is 0 Å². The number of nitrogens with zero attached hydrogens (tertiary/aromatic N) is 2. The first kappa shape index (κ1) is 10.9. The number of aromatic nitrogens is 1. The topological polar surface area (TPSA) is 48.7 Å². The van der Waals surface area contributed by atoms with Crippen LogP contribution in [0.4, 0.5) is 11.5 Å². The van der Waals surface area contributed by atoms with Gasteiger partial charge in [-0.1, -0.05) is 12.1 Å². The minimum Gasteiger partial charge on any atom is -0.338 e. The standard InChI is InChI=1S/C12H8IN3/c13-10-5-1-2-6-11(10)16-12-9(8-14)4-3-7-15-12/h1-7H,(H,15,16). The highest BCUT2D eigenvalue weighted by Crippen LogP contribution is 2.22. The average molecular weight is 321 g/mol. The molecule has 4 heteroatoms. The maximum Gasteiger partial charge on any atom is 0.148 e. The van der Waals surface area contributed by atoms with Gasteiger partial charge in [-0.05, 0) is 46.9 Å². The van der Waals surface area contributed by atoms with E-state index in [1.54, 1.807) is 18.3 Å². The number of nitriles is 1. The monoisotopic (exact) mass is 321 g/mol. The summed E-state index contributed by atoms with van der Waals surface area (Å²) in [5.41, 5.74) is 1.50. The van der Waals surface area contributed by atoms with Crippen molar-refractivity contribution in [1.82, 2.24) is 4.98 Å². The van der Waals surface area contributed by atoms with Crippen molar-refractivity contribution >= 4 is 34.1 Å². The molecule has 1 aromatic carbocycles. The predicted octanol–water partition coefficient (Wildman–Crippen LogP) is 3.30. The van der Waals surface area contributed by atoms with Gasteiger partial charge in [-0.15, -0.1) is 0 Å². The van der Waals surface area contributed by atoms with E-state index in [9.17, 15) is 0 Å². The van der Waals surface area contributed by atoms with Crippen LogP contribution < -0.4 is 5.32 Å². The zero-order valence-corrected chi connectivity index (χ0v) is 10.5. The summed E-state index contributed by atoms with van der Waals surface area (Å²) >= 11 is 2.24. The highest BCUT2D eigenvalue weighted by atomic mass is 127. The van der Waals surface area contributed by atoms with E-state index >= 15 is 0 Å². The summed E-state index contributed by atoms with van der Waals surface area (Å²) in [5.74, 6) is 0.592. The van der Waals surface area contributed by atoms with Crippen molar-refractivity contribution < 1.29 is 0 Å². The van der Waals surface area contributed by atoms with Gasteiger partial charge in [0, 0.05) is 9.77 Å². The van der Waals surface area contributed by atoms with Crippen molar-refractivity contribution in [3.63, 3.8) is 0 Å². The molecule has 2 aromatic rings. The molecule has 0 atom stereocenters. The second kappa shape index (κ2) is 4.94. The number of rotatable bonds is 2. The molecule has 1 N–H and O–H groups in total. The lowest BCUT2D eigenvalue weighted by molar-refractivity contribution is 1.28. The Morgan fingerprint density at radius 3 is 2.75 bits per heavy atom. The summed E-state index contributed by atoms with van der Waals surface area (Å²) < 4.78 is 1.09. The number of hydrogen-bond donors (Lipinski definition) is 1. The Morgan fingerprint density at radius 1 is 1.19 bits per heavy atom. The summed E-state index contributed by atoms with van der Waals surface area (Å²) in [7, 11) is 0. The number of benzene rings is 1. The lowest BCUT2D eigenvalue weighted by Crippen LogP contribution is -1.97. The Kier molecular flexibility index (Phi) is 3.37. The van der Waals surface area contributed by atoms with Crippen LogP contribution in [0.2, 0.25) is 0 Å². The lowest BCUT2D eigenvalue weighted by atomic mass is 10.2. The van der Waals surface area contributed by atoms with E-state index in [0.717, 1.165) is 9.26 Å². The van der Waals surface area contributed by atoms with Gasteiger partial charge in [-0.25, -0.2) is 4.98 Å². The molecule has 0 aliphatic heterocycles. The smallest absolute Gasteiger partial charge is 0.148 e. The highest BCUT2D eigenvalue weighted by Gasteiger charge is 2.04. The molecule has 0 radical (unpaired) electrons. The third-order valence-corrected chi connectivity index (χ3v) is 3.00. The van der Waals surface area contributed by atoms with Gasteiger partial charge in [-0.2, -0.15) is 5.26 Å². The van der Waals surface area contributed by atoms with Gasteiger partial charge in [0.1, 0.15) is 11.9 Å². The molecule has 1 heterocycles. The Morgan fingerprint density at radius 2 is 2.00 bits per heavy atom. The predicted molar refractivity (Wildman–Crippen MR) is 71.4 cm³/mol. The van der Waals surface area contributed by atoms with E-state index in [1.165, 1.54) is 0 Å². The number of halogens is 1. The fourth-order valence-corrected chi connectivity index (χ4v) is 1.81. The van der Waals surface area contributed by atoms with Crippen LogP contribution in [-0.2, 0) is 0 Å². The largest absolute Gasteiger partial charge is 0.338 e. The summed E-state index contributed by atoms with van der Waals surface area (Å²) in [6, 6.07) is 13.5. The molecule has 2 rings (SSSR count). The summed E-state index contributed by atoms with van der Waals surface area (Å²) in [6.07, 6.45) is 1.67. The van der Waals surface area contributed by atoms with Crippen LogP contribution in [0.25, 0.3) is 0 Å². The van der Waals surface area contributed by atoms with Gasteiger partial charge in [0.05, 0.1) is 11.3 Å². The zero-order valence-electron chi connectivity index (χ0n) is 8.31. The van der Waals surface area contributed by atoms with E-state index in [4.69, 9.17) is 5.26 Å². The van der Waals surface area contributed by atoms with Crippen molar-refractivity contribution in [3.8, 4) is 6.07 Å². The third kappa shape index (κ3) is 2.31. The molecular weight excluding hydrogens is 313 g/mol. The summed E-state index contributed by atoms with van der Waals surface area (Å²) in [5, 5.41) is 12.1. The number of pyridine rings is 1. The normalized spacial score (nSPS) is 9.50. The molecule has 3 nitrogen and oxygen atoms in total. The molecule has 0 fully saturated rings. The highest BCUT2D eigenvalue weighted by molar-refractivity contribution is 14.1. The Balaban J connectivity index is 2.35. The van der Waals surface area contributed by atoms with Gasteiger partial charge in [-0.3, -0.25) is 0 Å². The van der Waals surface area contributed by atoms with Crippen LogP contribution in [0.5, 0.6) is 0 Å². The van der Waals surface area contributed by atoms with E-state index < -0.39 is 0 Å². The van der Waals surface area contributed by atoms with Crippen LogP contribution in [0.1, 0.15) is 5.56 Å². The van der Waals surface area contributed by atoms with Gasteiger partial charge in [0.25, 0.3) is 0 Å². The van der Waals surface area contributed by atoms with Gasteiger partial charge < -0.3 is 5.32 Å². The first-order chi connectivity index (χ1) is 7.81. The fraction of sp³-hybridized carbons (Fsp3) is 0. The fourth-order valence-electron chi connectivity index (χ4n) is 1.29. The summed E-state index contributed by atoms with van der Waals surface area (Å²) in [4.78, 5) is 4.15. The number of hydrogen-bond acceptors (Lipinski definition) is 3. The molecule has 16 heavy (non-hydrogen) atoms. The van der Waals surface area contributed by atoms with Crippen molar-refractivity contribution in [2.24, 2.45) is 0 Å². The molecule has 0 aliphatic rings. The molecule has 0 aliphatic carbocycles. The quantitative estimate of drug-likeness (QED) is 0.864. The SMILES string of the molecule is N#Cc1cccnc1Nc1ccccc1I. The first-order valence-electron chi connectivity index (χ1n) is 4.68. The van der Waals surface area contributed by atoms with E-state index in [0.29, 0.717) is 11.4 Å². The van der Waals surface area contributed by atoms with Crippen LogP contribution >= 0.6 is 22.6 Å². The zero-order chi connectivity index (χ0) is 11.4. The average Bonchev–Trinajstić information content (AvgIpc) is 2.33. The number of nitrogens with one attached hydrogen (secondary N) is 1. The number of para-hydroxylation sites is 1. The van der Waals surface area contributed by atoms with Crippen LogP contribution in [-0.4, -0.2) is 4.98 Å². The van der Waals surface area contributed by atoms with Crippen molar-refractivity contribution in [2.75, 3.05) is 5.32 Å².